The molecule has 9 rings (SSSR count). The predicted molar refractivity (Wildman–Crippen MR) is 159 cm³/mol. The largest absolute Gasteiger partial charge is 0.310 e. The average Bonchev–Trinajstić information content (AvgIpc) is 3.28. The fraction of sp³-hybridized carbons (Fsp3) is 0.0857. The van der Waals surface area contributed by atoms with Crippen LogP contribution in [0, 0.1) is 0 Å². The van der Waals surface area contributed by atoms with E-state index in [0.29, 0.717) is 0 Å². The quantitative estimate of drug-likeness (QED) is 0.175. The summed E-state index contributed by atoms with van der Waals surface area (Å²) in [6.07, 6.45) is 0. The monoisotopic (exact) mass is 469 g/mol. The van der Waals surface area contributed by atoms with E-state index >= 15 is 0 Å². The molecule has 1 aromatic heterocycles. The Morgan fingerprint density at radius 1 is 0.541 bits per heavy atom. The summed E-state index contributed by atoms with van der Waals surface area (Å²) in [5, 5.41) is 8.02. The van der Waals surface area contributed by atoms with Crippen LogP contribution in [-0.2, 0) is 5.41 Å². The van der Waals surface area contributed by atoms with Gasteiger partial charge in [0.15, 0.2) is 0 Å². The number of hydrogen-bond acceptors (Lipinski definition) is 0. The molecule has 0 atom stereocenters. The molecule has 3 heterocycles. The number of benzene rings is 6. The third kappa shape index (κ3) is 2.24. The summed E-state index contributed by atoms with van der Waals surface area (Å²) < 4.78 is 2.56. The van der Waals surface area contributed by atoms with E-state index in [-0.39, 0.29) is 12.1 Å². The van der Waals surface area contributed by atoms with E-state index in [2.05, 4.69) is 128 Å². The van der Waals surface area contributed by atoms with Crippen LogP contribution in [-0.4, -0.2) is 11.3 Å². The zero-order chi connectivity index (χ0) is 24.5. The summed E-state index contributed by atoms with van der Waals surface area (Å²) in [5.74, 6) is 0. The summed E-state index contributed by atoms with van der Waals surface area (Å²) in [6.45, 7) is 5.01. The summed E-state index contributed by atoms with van der Waals surface area (Å²) >= 11 is 0. The van der Waals surface area contributed by atoms with E-state index in [4.69, 9.17) is 0 Å². The van der Waals surface area contributed by atoms with Crippen molar-refractivity contribution in [3.8, 4) is 5.69 Å². The summed E-state index contributed by atoms with van der Waals surface area (Å²) in [4.78, 5) is 0. The van der Waals surface area contributed by atoms with Crippen molar-refractivity contribution in [2.75, 3.05) is 0 Å². The third-order valence-electron chi connectivity index (χ3n) is 9.26. The number of nitrogens with zero attached hydrogens (tertiary/aromatic N) is 1. The van der Waals surface area contributed by atoms with Crippen LogP contribution in [0.25, 0.3) is 49.0 Å². The molecule has 0 unspecified atom stereocenters. The highest BCUT2D eigenvalue weighted by Gasteiger charge is 2.45. The van der Waals surface area contributed by atoms with Crippen molar-refractivity contribution in [3.63, 3.8) is 0 Å². The van der Waals surface area contributed by atoms with Crippen LogP contribution in [0.3, 0.4) is 0 Å². The topological polar surface area (TPSA) is 4.93 Å². The van der Waals surface area contributed by atoms with Gasteiger partial charge in [0, 0.05) is 27.4 Å². The molecule has 37 heavy (non-hydrogen) atoms. The van der Waals surface area contributed by atoms with Gasteiger partial charge in [-0.25, -0.2) is 0 Å². The highest BCUT2D eigenvalue weighted by Crippen LogP contribution is 2.41. The number of fused-ring (bicyclic) bond motifs is 12. The Bertz CT molecular complexity index is 2130. The molecule has 1 nitrogen and oxygen atoms in total. The van der Waals surface area contributed by atoms with Gasteiger partial charge < -0.3 is 4.57 Å². The zero-order valence-corrected chi connectivity index (χ0v) is 20.9. The fourth-order valence-corrected chi connectivity index (χ4v) is 7.69. The minimum atomic E-state index is -0.0628. The van der Waals surface area contributed by atoms with Crippen LogP contribution in [0.15, 0.2) is 109 Å². The Morgan fingerprint density at radius 2 is 1.27 bits per heavy atom. The van der Waals surface area contributed by atoms with Crippen molar-refractivity contribution in [1.29, 1.82) is 0 Å². The van der Waals surface area contributed by atoms with Crippen LogP contribution in [0.2, 0.25) is 0 Å². The maximum absolute atomic E-state index is 2.56. The summed E-state index contributed by atoms with van der Waals surface area (Å²) in [7, 11) is 0. The first-order valence-corrected chi connectivity index (χ1v) is 13.3. The average molecular weight is 469 g/mol. The highest BCUT2D eigenvalue weighted by atomic mass is 15.0. The van der Waals surface area contributed by atoms with E-state index in [1.807, 2.05) is 0 Å². The van der Waals surface area contributed by atoms with Crippen molar-refractivity contribution in [2.24, 2.45) is 0 Å². The minimum Gasteiger partial charge on any atom is -0.310 e. The lowest BCUT2D eigenvalue weighted by atomic mass is 9.30. The molecular weight excluding hydrogens is 445 g/mol. The molecule has 0 amide bonds. The fourth-order valence-electron chi connectivity index (χ4n) is 7.69. The maximum Gasteiger partial charge on any atom is 0.248 e. The van der Waals surface area contributed by atoms with Crippen molar-refractivity contribution < 1.29 is 0 Å². The molecule has 0 fully saturated rings. The van der Waals surface area contributed by atoms with Gasteiger partial charge in [0.05, 0.1) is 5.52 Å². The molecule has 0 saturated heterocycles. The van der Waals surface area contributed by atoms with Crippen LogP contribution >= 0.6 is 0 Å². The van der Waals surface area contributed by atoms with Crippen molar-refractivity contribution in [1.82, 2.24) is 4.57 Å². The molecule has 7 aromatic rings. The van der Waals surface area contributed by atoms with Gasteiger partial charge >= 0.3 is 0 Å². The molecule has 2 aliphatic heterocycles. The molecule has 6 aromatic carbocycles. The molecular formula is C35H24BN. The van der Waals surface area contributed by atoms with Crippen LogP contribution in [0.4, 0.5) is 0 Å². The Balaban J connectivity index is 1.57. The third-order valence-corrected chi connectivity index (χ3v) is 9.26. The smallest absolute Gasteiger partial charge is 0.248 e. The molecule has 0 aliphatic carbocycles. The summed E-state index contributed by atoms with van der Waals surface area (Å²) in [5.41, 5.74) is 11.2. The lowest BCUT2D eigenvalue weighted by Gasteiger charge is -2.41. The van der Waals surface area contributed by atoms with Gasteiger partial charge in [-0.15, -0.1) is 0 Å². The van der Waals surface area contributed by atoms with Gasteiger partial charge in [-0.2, -0.15) is 0 Å². The highest BCUT2D eigenvalue weighted by molar-refractivity contribution is 7.00. The number of rotatable bonds is 0. The second kappa shape index (κ2) is 6.52. The molecule has 172 valence electrons. The van der Waals surface area contributed by atoms with E-state index in [9.17, 15) is 0 Å². The first-order chi connectivity index (χ1) is 18.1. The van der Waals surface area contributed by atoms with Crippen LogP contribution in [0.1, 0.15) is 25.0 Å². The number of aromatic nitrogens is 1. The van der Waals surface area contributed by atoms with E-state index in [0.717, 1.165) is 0 Å². The SMILES string of the molecule is CC1(C)c2ccccc2B2c3c(ccc4c3ccc3ccccc34)-n3c4ccccc4c4ccc1c2c43. The molecule has 0 N–H and O–H groups in total. The molecule has 0 saturated carbocycles. The molecule has 2 aliphatic rings. The van der Waals surface area contributed by atoms with Gasteiger partial charge in [-0.1, -0.05) is 116 Å². The normalized spacial score (nSPS) is 14.9. The first kappa shape index (κ1) is 19.8. The van der Waals surface area contributed by atoms with Gasteiger partial charge in [0.25, 0.3) is 0 Å². The first-order valence-electron chi connectivity index (χ1n) is 13.3. The second-order valence-electron chi connectivity index (χ2n) is 11.3. The number of para-hydroxylation sites is 1. The van der Waals surface area contributed by atoms with Gasteiger partial charge in [0.1, 0.15) is 0 Å². The van der Waals surface area contributed by atoms with Gasteiger partial charge in [0.2, 0.25) is 6.71 Å². The van der Waals surface area contributed by atoms with E-state index in [1.54, 1.807) is 0 Å². The van der Waals surface area contributed by atoms with Gasteiger partial charge in [-0.3, -0.25) is 0 Å². The molecule has 0 radical (unpaired) electrons. The van der Waals surface area contributed by atoms with Crippen molar-refractivity contribution in [2.45, 2.75) is 19.3 Å². The summed E-state index contributed by atoms with van der Waals surface area (Å²) in [6, 6.07) is 41.1. The van der Waals surface area contributed by atoms with Gasteiger partial charge in [-0.05, 0) is 55.7 Å². The Labute approximate surface area is 216 Å². The van der Waals surface area contributed by atoms with Crippen molar-refractivity contribution >= 4 is 66.5 Å². The number of hydrogen-bond donors (Lipinski definition) is 0. The Kier molecular flexibility index (Phi) is 3.50. The molecule has 0 bridgehead atoms. The second-order valence-corrected chi connectivity index (χ2v) is 11.3. The van der Waals surface area contributed by atoms with Crippen LogP contribution in [0.5, 0.6) is 0 Å². The van der Waals surface area contributed by atoms with Crippen LogP contribution < -0.4 is 16.4 Å². The lowest BCUT2D eigenvalue weighted by Crippen LogP contribution is -2.63. The zero-order valence-electron chi connectivity index (χ0n) is 20.9. The minimum absolute atomic E-state index is 0.0628. The Hall–Kier alpha value is -4.30. The lowest BCUT2D eigenvalue weighted by molar-refractivity contribution is 0.646. The molecule has 2 heteroatoms. The predicted octanol–water partition coefficient (Wildman–Crippen LogP) is 6.56. The standard InChI is InChI=1S/C35H24BN/c1-35(2)27-12-6-7-13-29(27)36-32-25-16-15-21-9-3-4-10-22(21)23(25)18-20-31(32)37-30-14-8-5-11-24(30)26-17-19-28(35)33(36)34(26)37/h3-20H,1-2H3. The maximum atomic E-state index is 2.56. The van der Waals surface area contributed by atoms with E-state index in [1.165, 1.54) is 76.6 Å². The van der Waals surface area contributed by atoms with Crippen molar-refractivity contribution in [3.05, 3.63) is 120 Å². The van der Waals surface area contributed by atoms with E-state index < -0.39 is 0 Å². The Morgan fingerprint density at radius 3 is 2.19 bits per heavy atom. The molecule has 0 spiro atoms.